The zero-order valence-electron chi connectivity index (χ0n) is 31.8. The highest BCUT2D eigenvalue weighted by molar-refractivity contribution is 6.30. The van der Waals surface area contributed by atoms with Gasteiger partial charge in [0.05, 0.1) is 6.61 Å². The lowest BCUT2D eigenvalue weighted by molar-refractivity contribution is -0.139. The Hall–Kier alpha value is -4.39. The van der Waals surface area contributed by atoms with Gasteiger partial charge in [-0.25, -0.2) is 9.97 Å². The molecule has 0 saturated carbocycles. The number of para-hydroxylation sites is 1. The highest BCUT2D eigenvalue weighted by Gasteiger charge is 2.22. The maximum Gasteiger partial charge on any atom is 0.303 e. The molecule has 290 valence electrons. The largest absolute Gasteiger partial charge is 0.495 e. The summed E-state index contributed by atoms with van der Waals surface area (Å²) in [6.45, 7) is 18.8. The molecular formula is C40H56ClN5O7. The van der Waals surface area contributed by atoms with Crippen LogP contribution in [0.2, 0.25) is 5.02 Å². The molecule has 0 radical (unpaired) electrons. The summed E-state index contributed by atoms with van der Waals surface area (Å²) >= 11 is 5.74. The third-order valence-electron chi connectivity index (χ3n) is 8.22. The molecular weight excluding hydrogens is 698 g/mol. The number of aryl methyl sites for hydroxylation is 1. The monoisotopic (exact) mass is 753 g/mol. The third-order valence-corrected chi connectivity index (χ3v) is 8.45. The number of carbonyl (C=O) groups is 2. The van der Waals surface area contributed by atoms with Crippen LogP contribution in [-0.2, 0) is 25.5 Å². The number of aliphatic hydroxyl groups excluding tert-OH is 1. The number of aromatic nitrogens is 2. The average molecular weight is 754 g/mol. The summed E-state index contributed by atoms with van der Waals surface area (Å²) in [5.74, 6) is 1.66. The predicted molar refractivity (Wildman–Crippen MR) is 212 cm³/mol. The van der Waals surface area contributed by atoms with Gasteiger partial charge in [-0.05, 0) is 121 Å². The standard InChI is InChI=1S/C20H23N3O4.C9H10ClNO.C6H13N.C5H10O2/c24-17(25)8-5-12-26-13-9-16-21-18-14-6-1-2-7-15(14)27-19(18)20(22-16)23-10-3-4-11-23;1-6-5-8(10)3-4-9(6)11-7(2)12;1-6-3-2-4-7-5-6;1-5(2,3)7-4-6/h1-2,6-7H,3-5,8-13H2,(H,24,25);3-5,11-12H,2H2,1H3;6-7H,2-5H2,1H3;4H,1-3H3. The van der Waals surface area contributed by atoms with Gasteiger partial charge in [-0.1, -0.05) is 30.7 Å². The van der Waals surface area contributed by atoms with Crippen molar-refractivity contribution in [3.8, 4) is 0 Å². The van der Waals surface area contributed by atoms with Crippen LogP contribution >= 0.6 is 11.6 Å². The smallest absolute Gasteiger partial charge is 0.303 e. The van der Waals surface area contributed by atoms with Crippen molar-refractivity contribution in [2.75, 3.05) is 49.6 Å². The fraction of sp³-hybridized carbons (Fsp3) is 0.500. The zero-order valence-corrected chi connectivity index (χ0v) is 32.5. The number of rotatable bonds is 11. The van der Waals surface area contributed by atoms with Crippen molar-refractivity contribution in [3.05, 3.63) is 71.3 Å². The van der Waals surface area contributed by atoms with E-state index in [9.17, 15) is 9.59 Å². The molecule has 1 unspecified atom stereocenters. The SMILES string of the molecule is C=C(O)Nc1ccc(Cl)cc1C.CC(C)(C)OC=O.CC1CCCNC1.O=C(O)CCCOCCc1nc(N2CCCC2)c2oc3ccccc3c2n1. The molecule has 0 spiro atoms. The Labute approximate surface area is 317 Å². The summed E-state index contributed by atoms with van der Waals surface area (Å²) in [6, 6.07) is 13.3. The van der Waals surface area contributed by atoms with E-state index in [4.69, 9.17) is 40.9 Å². The second-order valence-electron chi connectivity index (χ2n) is 14.1. The van der Waals surface area contributed by atoms with Crippen LogP contribution in [0, 0.1) is 12.8 Å². The minimum absolute atomic E-state index is 0.0691. The van der Waals surface area contributed by atoms with Gasteiger partial charge < -0.3 is 39.6 Å². The van der Waals surface area contributed by atoms with E-state index >= 15 is 0 Å². The number of nitrogens with one attached hydrogen (secondary N) is 2. The van der Waals surface area contributed by atoms with Crippen LogP contribution in [0.15, 0.2) is 59.3 Å². The summed E-state index contributed by atoms with van der Waals surface area (Å²) in [5, 5.41) is 25.2. The molecule has 53 heavy (non-hydrogen) atoms. The van der Waals surface area contributed by atoms with Gasteiger partial charge in [-0.15, -0.1) is 0 Å². The van der Waals surface area contributed by atoms with Crippen molar-refractivity contribution in [3.63, 3.8) is 0 Å². The quantitative estimate of drug-likeness (QED) is 0.0659. The van der Waals surface area contributed by atoms with Crippen LogP contribution < -0.4 is 15.5 Å². The molecule has 2 fully saturated rings. The molecule has 0 amide bonds. The van der Waals surface area contributed by atoms with Gasteiger partial charge >= 0.3 is 5.97 Å². The number of fused-ring (bicyclic) bond motifs is 3. The Morgan fingerprint density at radius 1 is 1.13 bits per heavy atom. The second kappa shape index (κ2) is 22.0. The first-order valence-corrected chi connectivity index (χ1v) is 18.6. The molecule has 13 heteroatoms. The number of carboxylic acid groups (broad SMARTS) is 1. The van der Waals surface area contributed by atoms with Crippen LogP contribution in [-0.4, -0.2) is 77.6 Å². The number of aliphatic carboxylic acids is 1. The molecule has 1 atom stereocenters. The maximum absolute atomic E-state index is 10.5. The first kappa shape index (κ1) is 43.0. The summed E-state index contributed by atoms with van der Waals surface area (Å²) in [4.78, 5) is 31.9. The lowest BCUT2D eigenvalue weighted by atomic mass is 10.0. The van der Waals surface area contributed by atoms with Gasteiger partial charge in [0.2, 0.25) is 0 Å². The number of ether oxygens (including phenoxy) is 2. The number of nitrogens with zero attached hydrogens (tertiary/aromatic N) is 3. The Morgan fingerprint density at radius 2 is 1.87 bits per heavy atom. The minimum atomic E-state index is -0.797. The second-order valence-corrected chi connectivity index (χ2v) is 14.5. The molecule has 2 aromatic carbocycles. The van der Waals surface area contributed by atoms with Gasteiger partial charge in [0.25, 0.3) is 6.47 Å². The van der Waals surface area contributed by atoms with E-state index in [0.717, 1.165) is 76.8 Å². The molecule has 2 aliphatic heterocycles. The predicted octanol–water partition coefficient (Wildman–Crippen LogP) is 8.45. The lowest BCUT2D eigenvalue weighted by Crippen LogP contribution is -2.27. The minimum Gasteiger partial charge on any atom is -0.495 e. The van der Waals surface area contributed by atoms with Gasteiger partial charge in [-0.2, -0.15) is 0 Å². The fourth-order valence-corrected chi connectivity index (χ4v) is 5.79. The normalized spacial score (nSPS) is 15.3. The summed E-state index contributed by atoms with van der Waals surface area (Å²) in [6.07, 6.45) is 6.35. The van der Waals surface area contributed by atoms with E-state index in [1.807, 2.05) is 58.0 Å². The molecule has 4 aromatic rings. The van der Waals surface area contributed by atoms with Crippen LogP contribution in [0.3, 0.4) is 0 Å². The highest BCUT2D eigenvalue weighted by Crippen LogP contribution is 2.34. The molecule has 4 heterocycles. The molecule has 4 N–H and O–H groups in total. The fourth-order valence-electron chi connectivity index (χ4n) is 5.56. The molecule has 0 aliphatic carbocycles. The number of furan rings is 1. The number of carboxylic acids is 1. The van der Waals surface area contributed by atoms with Gasteiger partial charge in [0, 0.05) is 48.6 Å². The van der Waals surface area contributed by atoms with Crippen molar-refractivity contribution >= 4 is 57.6 Å². The first-order valence-electron chi connectivity index (χ1n) is 18.2. The van der Waals surface area contributed by atoms with Crippen LogP contribution in [0.25, 0.3) is 22.1 Å². The number of hydrogen-bond donors (Lipinski definition) is 4. The van der Waals surface area contributed by atoms with Crippen molar-refractivity contribution in [2.24, 2.45) is 5.92 Å². The van der Waals surface area contributed by atoms with E-state index in [2.05, 4.69) is 33.8 Å². The van der Waals surface area contributed by atoms with E-state index in [-0.39, 0.29) is 17.9 Å². The first-order chi connectivity index (χ1) is 25.3. The Bertz CT molecular complexity index is 1740. The summed E-state index contributed by atoms with van der Waals surface area (Å²) in [5.41, 5.74) is 3.89. The Balaban J connectivity index is 0.000000238. The van der Waals surface area contributed by atoms with Crippen molar-refractivity contribution in [1.29, 1.82) is 0 Å². The van der Waals surface area contributed by atoms with E-state index in [1.165, 1.54) is 25.9 Å². The van der Waals surface area contributed by atoms with Gasteiger partial charge in [0.1, 0.15) is 22.5 Å². The molecule has 0 bridgehead atoms. The Morgan fingerprint density at radius 3 is 2.43 bits per heavy atom. The van der Waals surface area contributed by atoms with Crippen LogP contribution in [0.1, 0.15) is 77.6 Å². The topological polar surface area (TPSA) is 159 Å². The van der Waals surface area contributed by atoms with Gasteiger partial charge in [-0.3, -0.25) is 9.59 Å². The molecule has 2 aliphatic rings. The molecule has 2 aromatic heterocycles. The number of hydrogen-bond acceptors (Lipinski definition) is 11. The number of carbonyl (C=O) groups excluding carboxylic acids is 1. The van der Waals surface area contributed by atoms with E-state index in [0.29, 0.717) is 37.6 Å². The maximum atomic E-state index is 10.5. The van der Waals surface area contributed by atoms with Crippen molar-refractivity contribution in [2.45, 2.75) is 85.2 Å². The van der Waals surface area contributed by atoms with Crippen molar-refractivity contribution < 1.29 is 33.7 Å². The number of benzene rings is 2. The zero-order chi connectivity index (χ0) is 38.8. The number of aliphatic hydroxyl groups is 1. The van der Waals surface area contributed by atoms with Crippen LogP contribution in [0.5, 0.6) is 0 Å². The summed E-state index contributed by atoms with van der Waals surface area (Å²) in [7, 11) is 0. The van der Waals surface area contributed by atoms with Crippen LogP contribution in [0.4, 0.5) is 11.5 Å². The number of halogens is 1. The highest BCUT2D eigenvalue weighted by atomic mass is 35.5. The number of piperidine rings is 1. The summed E-state index contributed by atoms with van der Waals surface area (Å²) < 4.78 is 16.2. The molecule has 6 rings (SSSR count). The average Bonchev–Trinajstić information content (AvgIpc) is 3.77. The molecule has 2 saturated heterocycles. The van der Waals surface area contributed by atoms with E-state index < -0.39 is 5.97 Å². The number of anilines is 2. The third kappa shape index (κ3) is 15.6. The Kier molecular flexibility index (Phi) is 17.8. The molecule has 12 nitrogen and oxygen atoms in total. The van der Waals surface area contributed by atoms with E-state index in [1.54, 1.807) is 12.1 Å². The van der Waals surface area contributed by atoms with Gasteiger partial charge in [0.15, 0.2) is 17.3 Å². The lowest BCUT2D eigenvalue weighted by Gasteiger charge is -2.17. The van der Waals surface area contributed by atoms with Crippen molar-refractivity contribution in [1.82, 2.24) is 15.3 Å².